The van der Waals surface area contributed by atoms with E-state index in [4.69, 9.17) is 5.26 Å². The first-order valence-corrected chi connectivity index (χ1v) is 4.11. The van der Waals surface area contributed by atoms with Gasteiger partial charge in [-0.2, -0.15) is 5.26 Å². The molecule has 1 aliphatic carbocycles. The van der Waals surface area contributed by atoms with Crippen LogP contribution in [0.3, 0.4) is 0 Å². The van der Waals surface area contributed by atoms with Crippen LogP contribution in [0.1, 0.15) is 13.3 Å². The van der Waals surface area contributed by atoms with Crippen molar-refractivity contribution in [3.05, 3.63) is 0 Å². The Balaban J connectivity index is 2.00. The van der Waals surface area contributed by atoms with E-state index >= 15 is 0 Å². The summed E-state index contributed by atoms with van der Waals surface area (Å²) < 4.78 is 0. The summed E-state index contributed by atoms with van der Waals surface area (Å²) in [6.07, 6.45) is 1.16. The molecule has 0 radical (unpaired) electrons. The van der Waals surface area contributed by atoms with Crippen molar-refractivity contribution in [2.24, 2.45) is 5.92 Å². The van der Waals surface area contributed by atoms with Crippen molar-refractivity contribution in [1.82, 2.24) is 10.6 Å². The summed E-state index contributed by atoms with van der Waals surface area (Å²) in [4.78, 5) is 10.9. The second-order valence-electron chi connectivity index (χ2n) is 3.14. The molecule has 12 heavy (non-hydrogen) atoms. The van der Waals surface area contributed by atoms with Crippen molar-refractivity contribution in [2.45, 2.75) is 19.4 Å². The average molecular weight is 167 g/mol. The fourth-order valence-corrected chi connectivity index (χ4v) is 1.03. The lowest BCUT2D eigenvalue weighted by molar-refractivity contribution is -0.120. The summed E-state index contributed by atoms with van der Waals surface area (Å²) in [6.45, 7) is 2.57. The summed E-state index contributed by atoms with van der Waals surface area (Å²) in [5, 5.41) is 13.7. The number of nitriles is 1. The minimum atomic E-state index is -0.101. The molecule has 1 rings (SSSR count). The molecule has 1 aliphatic rings. The number of nitrogens with one attached hydrogen (secondary N) is 2. The van der Waals surface area contributed by atoms with Crippen LogP contribution < -0.4 is 10.6 Å². The Kier molecular flexibility index (Phi) is 3.06. The molecule has 0 aromatic carbocycles. The van der Waals surface area contributed by atoms with Crippen LogP contribution in [0, 0.1) is 17.2 Å². The van der Waals surface area contributed by atoms with E-state index in [9.17, 15) is 4.79 Å². The molecule has 4 nitrogen and oxygen atoms in total. The van der Waals surface area contributed by atoms with E-state index in [1.54, 1.807) is 0 Å². The van der Waals surface area contributed by atoms with Gasteiger partial charge in [0.2, 0.25) is 5.91 Å². The first-order valence-electron chi connectivity index (χ1n) is 4.11. The maximum atomic E-state index is 10.9. The highest BCUT2D eigenvalue weighted by Gasteiger charge is 2.31. The van der Waals surface area contributed by atoms with E-state index in [-0.39, 0.29) is 12.5 Å². The monoisotopic (exact) mass is 167 g/mol. The molecular weight excluding hydrogens is 154 g/mol. The molecule has 0 aliphatic heterocycles. The third-order valence-electron chi connectivity index (χ3n) is 2.00. The fourth-order valence-electron chi connectivity index (χ4n) is 1.03. The van der Waals surface area contributed by atoms with Crippen LogP contribution in [0.15, 0.2) is 0 Å². The standard InChI is InChI=1S/C8H13N3O/c1-6-4-7(6)11-5-8(12)10-3-2-9/h6-7,11H,3-5H2,1H3,(H,10,12). The third kappa shape index (κ3) is 2.89. The van der Waals surface area contributed by atoms with E-state index in [1.165, 1.54) is 0 Å². The highest BCUT2D eigenvalue weighted by Crippen LogP contribution is 2.28. The summed E-state index contributed by atoms with van der Waals surface area (Å²) >= 11 is 0. The van der Waals surface area contributed by atoms with Gasteiger partial charge in [0, 0.05) is 6.04 Å². The van der Waals surface area contributed by atoms with Gasteiger partial charge in [-0.1, -0.05) is 6.92 Å². The first-order chi connectivity index (χ1) is 5.74. The van der Waals surface area contributed by atoms with Crippen LogP contribution in [0.25, 0.3) is 0 Å². The quantitative estimate of drug-likeness (QED) is 0.561. The van der Waals surface area contributed by atoms with Crippen molar-refractivity contribution in [3.8, 4) is 6.07 Å². The number of carbonyl (C=O) groups is 1. The second kappa shape index (κ2) is 4.07. The summed E-state index contributed by atoms with van der Waals surface area (Å²) in [5.74, 6) is 0.601. The molecule has 0 spiro atoms. The van der Waals surface area contributed by atoms with Crippen LogP contribution in [-0.2, 0) is 4.79 Å². The van der Waals surface area contributed by atoms with Crippen LogP contribution in [0.5, 0.6) is 0 Å². The Morgan fingerprint density at radius 1 is 1.75 bits per heavy atom. The smallest absolute Gasteiger partial charge is 0.234 e. The van der Waals surface area contributed by atoms with E-state index in [1.807, 2.05) is 6.07 Å². The van der Waals surface area contributed by atoms with Gasteiger partial charge in [0.25, 0.3) is 0 Å². The number of hydrogen-bond donors (Lipinski definition) is 2. The number of carbonyl (C=O) groups excluding carboxylic acids is 1. The summed E-state index contributed by atoms with van der Waals surface area (Å²) in [5.41, 5.74) is 0. The lowest BCUT2D eigenvalue weighted by Gasteiger charge is -2.01. The predicted molar refractivity (Wildman–Crippen MR) is 44.2 cm³/mol. The molecule has 0 bridgehead atoms. The topological polar surface area (TPSA) is 64.9 Å². The van der Waals surface area contributed by atoms with Crippen LogP contribution in [0.4, 0.5) is 0 Å². The lowest BCUT2D eigenvalue weighted by atomic mass is 10.4. The minimum Gasteiger partial charge on any atom is -0.342 e. The van der Waals surface area contributed by atoms with E-state index in [2.05, 4.69) is 17.6 Å². The number of nitrogens with zero attached hydrogens (tertiary/aromatic N) is 1. The Morgan fingerprint density at radius 3 is 2.92 bits per heavy atom. The Bertz CT molecular complexity index is 209. The SMILES string of the molecule is CC1CC1NCC(=O)NCC#N. The zero-order valence-corrected chi connectivity index (χ0v) is 7.13. The molecule has 0 saturated heterocycles. The maximum Gasteiger partial charge on any atom is 0.234 e. The Labute approximate surface area is 71.9 Å². The molecule has 2 atom stereocenters. The van der Waals surface area contributed by atoms with Gasteiger partial charge in [0.15, 0.2) is 0 Å². The van der Waals surface area contributed by atoms with Crippen LogP contribution in [-0.4, -0.2) is 25.0 Å². The highest BCUT2D eigenvalue weighted by molar-refractivity contribution is 5.78. The maximum absolute atomic E-state index is 10.9. The number of hydrogen-bond acceptors (Lipinski definition) is 3. The van der Waals surface area contributed by atoms with Gasteiger partial charge in [0.1, 0.15) is 6.54 Å². The van der Waals surface area contributed by atoms with Gasteiger partial charge in [-0.25, -0.2) is 0 Å². The highest BCUT2D eigenvalue weighted by atomic mass is 16.1. The number of rotatable bonds is 4. The summed E-state index contributed by atoms with van der Waals surface area (Å²) in [7, 11) is 0. The zero-order valence-electron chi connectivity index (χ0n) is 7.13. The van der Waals surface area contributed by atoms with Gasteiger partial charge in [-0.3, -0.25) is 4.79 Å². The Morgan fingerprint density at radius 2 is 2.42 bits per heavy atom. The van der Waals surface area contributed by atoms with Crippen molar-refractivity contribution in [2.75, 3.05) is 13.1 Å². The van der Waals surface area contributed by atoms with Crippen molar-refractivity contribution >= 4 is 5.91 Å². The molecule has 1 saturated carbocycles. The van der Waals surface area contributed by atoms with Crippen molar-refractivity contribution in [3.63, 3.8) is 0 Å². The van der Waals surface area contributed by atoms with Crippen molar-refractivity contribution < 1.29 is 4.79 Å². The molecule has 4 heteroatoms. The molecule has 66 valence electrons. The van der Waals surface area contributed by atoms with Gasteiger partial charge < -0.3 is 10.6 Å². The van der Waals surface area contributed by atoms with Gasteiger partial charge in [-0.15, -0.1) is 0 Å². The predicted octanol–water partition coefficient (Wildman–Crippen LogP) is -0.376. The second-order valence-corrected chi connectivity index (χ2v) is 3.14. The van der Waals surface area contributed by atoms with E-state index in [0.717, 1.165) is 6.42 Å². The zero-order chi connectivity index (χ0) is 8.97. The molecule has 2 unspecified atom stereocenters. The van der Waals surface area contributed by atoms with Crippen molar-refractivity contribution in [1.29, 1.82) is 5.26 Å². The third-order valence-corrected chi connectivity index (χ3v) is 2.00. The molecule has 1 fully saturated rings. The van der Waals surface area contributed by atoms with Gasteiger partial charge >= 0.3 is 0 Å². The lowest BCUT2D eigenvalue weighted by Crippen LogP contribution is -2.35. The molecule has 2 N–H and O–H groups in total. The normalized spacial score (nSPS) is 26.0. The molecule has 0 aromatic heterocycles. The van der Waals surface area contributed by atoms with Crippen LogP contribution in [0.2, 0.25) is 0 Å². The van der Waals surface area contributed by atoms with Crippen LogP contribution >= 0.6 is 0 Å². The number of amides is 1. The van der Waals surface area contributed by atoms with Gasteiger partial charge in [-0.05, 0) is 12.3 Å². The van der Waals surface area contributed by atoms with Gasteiger partial charge in [0.05, 0.1) is 12.6 Å². The van der Waals surface area contributed by atoms with E-state index in [0.29, 0.717) is 18.5 Å². The molecular formula is C8H13N3O. The first kappa shape index (κ1) is 9.01. The molecule has 1 amide bonds. The minimum absolute atomic E-state index is 0.0979. The summed E-state index contributed by atoms with van der Waals surface area (Å²) in [6, 6.07) is 2.36. The Hall–Kier alpha value is -1.08. The molecule has 0 aromatic rings. The fraction of sp³-hybridized carbons (Fsp3) is 0.750. The average Bonchev–Trinajstić information content (AvgIpc) is 2.75. The van der Waals surface area contributed by atoms with E-state index < -0.39 is 0 Å². The largest absolute Gasteiger partial charge is 0.342 e. The molecule has 0 heterocycles.